The van der Waals surface area contributed by atoms with Gasteiger partial charge < -0.3 is 10.1 Å². The number of hydrogen-bond donors (Lipinski definition) is 1. The largest absolute Gasteiger partial charge is 0.452 e. The van der Waals surface area contributed by atoms with Crippen molar-refractivity contribution in [3.05, 3.63) is 34.9 Å². The Morgan fingerprint density at radius 1 is 1.23 bits per heavy atom. The van der Waals surface area contributed by atoms with Gasteiger partial charge in [0.25, 0.3) is 5.91 Å². The third-order valence-corrected chi connectivity index (χ3v) is 6.79. The van der Waals surface area contributed by atoms with Gasteiger partial charge in [-0.1, -0.05) is 18.2 Å². The third-order valence-electron chi connectivity index (χ3n) is 5.02. The minimum Gasteiger partial charge on any atom is -0.452 e. The first-order valence-electron chi connectivity index (χ1n) is 9.13. The van der Waals surface area contributed by atoms with E-state index in [9.17, 15) is 18.0 Å². The molecule has 1 fully saturated rings. The number of aryl methyl sites for hydroxylation is 2. The van der Waals surface area contributed by atoms with Crippen LogP contribution in [0.15, 0.2) is 18.2 Å². The SMILES string of the molecule is C[C@@H](OC(=O)Cc1ccc2c(c1)CCCC2)C(=O)N[C@H]1CCS(=O)(=O)C1. The van der Waals surface area contributed by atoms with Gasteiger partial charge in [-0.3, -0.25) is 9.59 Å². The number of esters is 1. The average molecular weight is 379 g/mol. The van der Waals surface area contributed by atoms with Gasteiger partial charge in [0.2, 0.25) is 0 Å². The standard InChI is InChI=1S/C19H25NO5S/c1-13(19(22)20-17-8-9-26(23,24)12-17)25-18(21)11-14-6-7-15-4-2-3-5-16(15)10-14/h6-7,10,13,17H,2-5,8-9,11-12H2,1H3,(H,20,22)/t13-,17+/m1/s1. The van der Waals surface area contributed by atoms with Gasteiger partial charge >= 0.3 is 5.97 Å². The minimum atomic E-state index is -3.06. The molecule has 1 amide bonds. The quantitative estimate of drug-likeness (QED) is 0.780. The molecule has 1 saturated heterocycles. The molecule has 1 aromatic carbocycles. The number of rotatable bonds is 5. The maximum absolute atomic E-state index is 12.1. The lowest BCUT2D eigenvalue weighted by Gasteiger charge is -2.18. The molecule has 0 unspecified atom stereocenters. The monoisotopic (exact) mass is 379 g/mol. The molecule has 26 heavy (non-hydrogen) atoms. The molecule has 1 aromatic rings. The number of carbonyl (C=O) groups is 2. The second-order valence-electron chi connectivity index (χ2n) is 7.23. The van der Waals surface area contributed by atoms with Crippen LogP contribution in [0.5, 0.6) is 0 Å². The summed E-state index contributed by atoms with van der Waals surface area (Å²) in [4.78, 5) is 24.2. The van der Waals surface area contributed by atoms with E-state index in [2.05, 4.69) is 17.4 Å². The van der Waals surface area contributed by atoms with E-state index in [-0.39, 0.29) is 17.9 Å². The van der Waals surface area contributed by atoms with Crippen LogP contribution in [-0.4, -0.2) is 43.9 Å². The van der Waals surface area contributed by atoms with Crippen molar-refractivity contribution in [3.8, 4) is 0 Å². The Kier molecular flexibility index (Phi) is 5.65. The first-order valence-corrected chi connectivity index (χ1v) is 11.0. The highest BCUT2D eigenvalue weighted by molar-refractivity contribution is 7.91. The van der Waals surface area contributed by atoms with Gasteiger partial charge in [0.15, 0.2) is 15.9 Å². The highest BCUT2D eigenvalue weighted by Gasteiger charge is 2.30. The molecule has 0 bridgehead atoms. The fourth-order valence-corrected chi connectivity index (χ4v) is 5.26. The summed E-state index contributed by atoms with van der Waals surface area (Å²) in [5.41, 5.74) is 3.55. The number of fused-ring (bicyclic) bond motifs is 1. The molecule has 7 heteroatoms. The second kappa shape index (κ2) is 7.78. The van der Waals surface area contributed by atoms with Crippen LogP contribution in [0.3, 0.4) is 0 Å². The Labute approximate surface area is 154 Å². The van der Waals surface area contributed by atoms with Crippen molar-refractivity contribution in [2.75, 3.05) is 11.5 Å². The third kappa shape index (κ3) is 4.84. The van der Waals surface area contributed by atoms with Crippen LogP contribution in [0.25, 0.3) is 0 Å². The molecule has 1 heterocycles. The van der Waals surface area contributed by atoms with Gasteiger partial charge in [-0.2, -0.15) is 0 Å². The van der Waals surface area contributed by atoms with Gasteiger partial charge in [-0.05, 0) is 55.7 Å². The zero-order valence-corrected chi connectivity index (χ0v) is 15.8. The Hall–Kier alpha value is -1.89. The molecule has 0 spiro atoms. The highest BCUT2D eigenvalue weighted by Crippen LogP contribution is 2.22. The Balaban J connectivity index is 1.50. The molecule has 142 valence electrons. The second-order valence-corrected chi connectivity index (χ2v) is 9.46. The van der Waals surface area contributed by atoms with E-state index in [0.717, 1.165) is 18.4 Å². The first-order chi connectivity index (χ1) is 12.3. The van der Waals surface area contributed by atoms with Crippen LogP contribution in [0, 0.1) is 0 Å². The summed E-state index contributed by atoms with van der Waals surface area (Å²) in [6.07, 6.45) is 4.11. The zero-order chi connectivity index (χ0) is 18.7. The summed E-state index contributed by atoms with van der Waals surface area (Å²) in [7, 11) is -3.06. The minimum absolute atomic E-state index is 0.0471. The summed E-state index contributed by atoms with van der Waals surface area (Å²) in [5, 5.41) is 2.65. The molecule has 1 N–H and O–H groups in total. The maximum atomic E-state index is 12.1. The van der Waals surface area contributed by atoms with Crippen molar-refractivity contribution in [1.29, 1.82) is 0 Å². The predicted molar refractivity (Wildman–Crippen MR) is 97.5 cm³/mol. The van der Waals surface area contributed by atoms with Crippen molar-refractivity contribution in [2.24, 2.45) is 0 Å². The molecule has 3 rings (SSSR count). The van der Waals surface area contributed by atoms with Crippen LogP contribution in [0.2, 0.25) is 0 Å². The van der Waals surface area contributed by atoms with Crippen LogP contribution in [-0.2, 0) is 43.4 Å². The van der Waals surface area contributed by atoms with Gasteiger partial charge in [0.1, 0.15) is 0 Å². The Bertz CT molecular complexity index is 802. The first kappa shape index (κ1) is 18.9. The van der Waals surface area contributed by atoms with E-state index in [4.69, 9.17) is 4.74 Å². The van der Waals surface area contributed by atoms with E-state index in [1.807, 2.05) is 6.07 Å². The van der Waals surface area contributed by atoms with Crippen LogP contribution < -0.4 is 5.32 Å². The zero-order valence-electron chi connectivity index (χ0n) is 15.0. The van der Waals surface area contributed by atoms with Crippen molar-refractivity contribution in [1.82, 2.24) is 5.32 Å². The Morgan fingerprint density at radius 3 is 2.65 bits per heavy atom. The van der Waals surface area contributed by atoms with Gasteiger partial charge in [0.05, 0.1) is 17.9 Å². The van der Waals surface area contributed by atoms with Crippen LogP contribution >= 0.6 is 0 Å². The number of sulfone groups is 1. The van der Waals surface area contributed by atoms with Gasteiger partial charge in [-0.15, -0.1) is 0 Å². The number of benzene rings is 1. The number of hydrogen-bond acceptors (Lipinski definition) is 5. The summed E-state index contributed by atoms with van der Waals surface area (Å²) < 4.78 is 28.1. The molecular formula is C19H25NO5S. The molecule has 0 aromatic heterocycles. The fourth-order valence-electron chi connectivity index (χ4n) is 3.58. The van der Waals surface area contributed by atoms with E-state index < -0.39 is 33.9 Å². The lowest BCUT2D eigenvalue weighted by molar-refractivity contribution is -0.154. The van der Waals surface area contributed by atoms with Gasteiger partial charge in [-0.25, -0.2) is 8.42 Å². The van der Waals surface area contributed by atoms with Crippen LogP contribution in [0.1, 0.15) is 42.9 Å². The normalized spacial score (nSPS) is 22.3. The maximum Gasteiger partial charge on any atom is 0.311 e. The molecule has 1 aliphatic carbocycles. The molecule has 0 radical (unpaired) electrons. The number of ether oxygens (including phenoxy) is 1. The van der Waals surface area contributed by atoms with E-state index >= 15 is 0 Å². The predicted octanol–water partition coefficient (Wildman–Crippen LogP) is 1.34. The topological polar surface area (TPSA) is 89.5 Å². The van der Waals surface area contributed by atoms with E-state index in [0.29, 0.717) is 6.42 Å². The number of carbonyl (C=O) groups excluding carboxylic acids is 2. The van der Waals surface area contributed by atoms with Crippen molar-refractivity contribution in [3.63, 3.8) is 0 Å². The number of amides is 1. The lowest BCUT2D eigenvalue weighted by atomic mass is 9.90. The lowest BCUT2D eigenvalue weighted by Crippen LogP contribution is -2.42. The van der Waals surface area contributed by atoms with Crippen LogP contribution in [0.4, 0.5) is 0 Å². The van der Waals surface area contributed by atoms with Gasteiger partial charge in [0, 0.05) is 6.04 Å². The molecule has 1 aliphatic heterocycles. The molecule has 6 nitrogen and oxygen atoms in total. The van der Waals surface area contributed by atoms with Crippen molar-refractivity contribution < 1.29 is 22.7 Å². The average Bonchev–Trinajstić information content (AvgIpc) is 2.93. The van der Waals surface area contributed by atoms with Crippen molar-refractivity contribution >= 4 is 21.7 Å². The molecular weight excluding hydrogens is 354 g/mol. The smallest absolute Gasteiger partial charge is 0.311 e. The molecule has 2 atom stereocenters. The molecule has 0 saturated carbocycles. The van der Waals surface area contributed by atoms with Crippen molar-refractivity contribution in [2.45, 2.75) is 57.6 Å². The summed E-state index contributed by atoms with van der Waals surface area (Å²) in [6.45, 7) is 1.50. The van der Waals surface area contributed by atoms with E-state index in [1.54, 1.807) is 0 Å². The number of nitrogens with one attached hydrogen (secondary N) is 1. The van der Waals surface area contributed by atoms with E-state index in [1.165, 1.54) is 30.9 Å². The summed E-state index contributed by atoms with van der Waals surface area (Å²) >= 11 is 0. The fraction of sp³-hybridized carbons (Fsp3) is 0.579. The Morgan fingerprint density at radius 2 is 1.96 bits per heavy atom. The summed E-state index contributed by atoms with van der Waals surface area (Å²) in [5.74, 6) is -0.868. The summed E-state index contributed by atoms with van der Waals surface area (Å²) in [6, 6.07) is 5.69. The highest BCUT2D eigenvalue weighted by atomic mass is 32.2. The molecule has 2 aliphatic rings.